The van der Waals surface area contributed by atoms with Gasteiger partial charge in [-0.3, -0.25) is 0 Å². The first-order valence-corrected chi connectivity index (χ1v) is 26.2. The Balaban J connectivity index is 0.973. The van der Waals surface area contributed by atoms with Crippen LogP contribution in [0.1, 0.15) is 0 Å². The molecule has 0 aliphatic heterocycles. The van der Waals surface area contributed by atoms with E-state index < -0.39 is 0 Å². The summed E-state index contributed by atoms with van der Waals surface area (Å²) in [7, 11) is 0. The van der Waals surface area contributed by atoms with E-state index >= 15 is 0 Å². The third kappa shape index (κ3) is 4.77. The van der Waals surface area contributed by atoms with Crippen LogP contribution in [0.4, 0.5) is 0 Å². The quantitative estimate of drug-likeness (QED) is 0.145. The molecular weight excluding hydrogens is 993 g/mol. The van der Waals surface area contributed by atoms with Crippen molar-refractivity contribution in [1.82, 2.24) is 79.7 Å². The average molecular weight is 1020 g/mol. The Morgan fingerprint density at radius 3 is 0.725 bits per heavy atom. The number of aromatic nitrogens is 16. The molecule has 362 valence electrons. The molecule has 0 saturated heterocycles. The van der Waals surface area contributed by atoms with Gasteiger partial charge in [0, 0.05) is 65.3 Å². The van der Waals surface area contributed by atoms with Crippen molar-refractivity contribution in [3.63, 3.8) is 0 Å². The second-order valence-electron chi connectivity index (χ2n) is 20.9. The number of hydrogen-bond donors (Lipinski definition) is 2. The van der Waals surface area contributed by atoms with Crippen molar-refractivity contribution >= 4 is 176 Å². The van der Waals surface area contributed by atoms with Gasteiger partial charge in [-0.05, 0) is 21.5 Å². The second kappa shape index (κ2) is 13.5. The van der Waals surface area contributed by atoms with Crippen LogP contribution in [0.5, 0.6) is 0 Å². The highest BCUT2D eigenvalue weighted by molar-refractivity contribution is 6.31. The van der Waals surface area contributed by atoms with Crippen LogP contribution in [0, 0.1) is 0 Å². The molecular formula is C64H26N16. The van der Waals surface area contributed by atoms with Crippen LogP contribution in [0.3, 0.4) is 0 Å². The van der Waals surface area contributed by atoms with Crippen LogP contribution >= 0.6 is 0 Å². The van der Waals surface area contributed by atoms with E-state index in [-0.39, 0.29) is 22.6 Å². The van der Waals surface area contributed by atoms with Gasteiger partial charge in [0.05, 0.1) is 44.8 Å². The molecule has 0 unspecified atom stereocenters. The molecule has 80 heavy (non-hydrogen) atoms. The molecule has 0 amide bonds. The molecule has 16 nitrogen and oxygen atoms in total. The van der Waals surface area contributed by atoms with Crippen molar-refractivity contribution in [2.75, 3.05) is 0 Å². The van der Waals surface area contributed by atoms with E-state index in [4.69, 9.17) is 69.8 Å². The first kappa shape index (κ1) is 39.8. The van der Waals surface area contributed by atoms with Gasteiger partial charge in [0.15, 0.2) is 45.2 Å². The molecule has 9 aromatic heterocycles. The number of hydrogen-bond acceptors (Lipinski definition) is 14. The van der Waals surface area contributed by atoms with Crippen molar-refractivity contribution < 1.29 is 0 Å². The number of aromatic amines is 2. The third-order valence-corrected chi connectivity index (χ3v) is 16.8. The lowest BCUT2D eigenvalue weighted by Crippen LogP contribution is -1.89. The molecule has 19 aromatic rings. The fourth-order valence-electron chi connectivity index (χ4n) is 13.4. The topological polar surface area (TPSA) is 212 Å². The maximum atomic E-state index is 5.45. The fourth-order valence-corrected chi connectivity index (χ4v) is 13.4. The predicted molar refractivity (Wildman–Crippen MR) is 313 cm³/mol. The Hall–Kier alpha value is -11.5. The number of nitrogens with one attached hydrogen (secondary N) is 2. The van der Waals surface area contributed by atoms with Gasteiger partial charge < -0.3 is 9.97 Å². The zero-order valence-corrected chi connectivity index (χ0v) is 41.1. The summed E-state index contributed by atoms with van der Waals surface area (Å²) >= 11 is 0. The highest BCUT2D eigenvalue weighted by Gasteiger charge is 2.30. The number of fused-ring (bicyclic) bond motifs is 32. The molecule has 0 saturated carbocycles. The lowest BCUT2D eigenvalue weighted by molar-refractivity contribution is 1.27. The van der Waals surface area contributed by atoms with E-state index in [0.29, 0.717) is 66.7 Å². The molecule has 0 spiro atoms. The summed E-state index contributed by atoms with van der Waals surface area (Å²) in [4.78, 5) is 82.8. The van der Waals surface area contributed by atoms with Crippen LogP contribution in [-0.2, 0) is 0 Å². The van der Waals surface area contributed by atoms with Crippen molar-refractivity contribution in [3.8, 4) is 45.0 Å². The highest BCUT2D eigenvalue weighted by atomic mass is 15.1. The first-order chi connectivity index (χ1) is 39.6. The van der Waals surface area contributed by atoms with Crippen molar-refractivity contribution in [3.05, 3.63) is 146 Å². The van der Waals surface area contributed by atoms with Gasteiger partial charge in [-0.2, -0.15) is 0 Å². The fraction of sp³-hybridized carbons (Fsp3) is 0. The standard InChI is InChI=1S/C64H26N16/c1-9-25-10-2-18-30-37(25)29(17-1)41-42(30)66-50-49(65-41)57-73-58(50)78-60-53-54(70-46-34-22-6-14-27-13-5-21-33(39(27)34)45(46)69-53)62(75-60)80-64-56-55(71-47-35-23-7-15-28-16-8-24-36(40(28)35)48(47)72-56)63(76-64)79-61-52-51(59(74-61)77-57)67-43-31-19-3-11-26-12-4-20-32(38(26)31)44(43)68-52/h1-24H,(H2,73,74,75,76,77,78,79,80). The number of H-pyrrole nitrogens is 2. The van der Waals surface area contributed by atoms with Crippen molar-refractivity contribution in [1.29, 1.82) is 0 Å². The maximum Gasteiger partial charge on any atom is 0.184 e. The van der Waals surface area contributed by atoms with E-state index in [9.17, 15) is 0 Å². The van der Waals surface area contributed by atoms with E-state index in [1.807, 2.05) is 0 Å². The normalized spacial score (nSPS) is 13.0. The Kier molecular flexibility index (Phi) is 6.74. The monoisotopic (exact) mass is 1020 g/mol. The lowest BCUT2D eigenvalue weighted by atomic mass is 10.0. The van der Waals surface area contributed by atoms with E-state index in [1.54, 1.807) is 0 Å². The Morgan fingerprint density at radius 1 is 0.200 bits per heavy atom. The minimum atomic E-state index is 0.274. The van der Waals surface area contributed by atoms with Gasteiger partial charge >= 0.3 is 0 Å². The summed E-state index contributed by atoms with van der Waals surface area (Å²) in [6, 6.07) is 50.1. The molecule has 0 fully saturated rings. The SMILES string of the molecule is c1cc2c3c(cccc3c1)-c1nc3c4nc5nc(nc6[nH]c(nc7nc(nc([nH]4)c3nc1-2)c1nc2c3cccc4cccc(c2nc71)c43)c1nc2c(nc61)-c1cccc3cccc-2c13)c1nc2c3cccc4cccc(c2nc51)c43. The molecule has 0 atom stereocenters. The molecule has 10 aromatic carbocycles. The van der Waals surface area contributed by atoms with Gasteiger partial charge in [-0.15, -0.1) is 0 Å². The average Bonchev–Trinajstić information content (AvgIpc) is 4.52. The minimum absolute atomic E-state index is 0.274. The zero-order valence-electron chi connectivity index (χ0n) is 41.1. The Labute approximate surface area is 444 Å². The summed E-state index contributed by atoms with van der Waals surface area (Å²) in [5, 5.41) is 12.7. The van der Waals surface area contributed by atoms with Gasteiger partial charge in [-0.1, -0.05) is 146 Å². The Bertz CT molecular complexity index is 5570. The van der Waals surface area contributed by atoms with Gasteiger partial charge in [0.25, 0.3) is 0 Å². The predicted octanol–water partition coefficient (Wildman–Crippen LogP) is 13.6. The van der Waals surface area contributed by atoms with E-state index in [1.165, 1.54) is 0 Å². The second-order valence-corrected chi connectivity index (χ2v) is 20.9. The number of nitrogens with zero attached hydrogens (tertiary/aromatic N) is 14. The van der Waals surface area contributed by atoms with Crippen LogP contribution in [-0.4, -0.2) is 79.7 Å². The minimum Gasteiger partial charge on any atom is -0.321 e. The van der Waals surface area contributed by atoms with E-state index in [0.717, 1.165) is 132 Å². The molecule has 8 bridgehead atoms. The molecule has 21 rings (SSSR count). The summed E-state index contributed by atoms with van der Waals surface area (Å²) in [5.74, 6) is 0. The molecule has 2 N–H and O–H groups in total. The molecule has 9 heterocycles. The summed E-state index contributed by atoms with van der Waals surface area (Å²) in [5.41, 5.74) is 16.1. The number of benzene rings is 8. The van der Waals surface area contributed by atoms with Gasteiger partial charge in [-0.25, -0.2) is 69.8 Å². The highest BCUT2D eigenvalue weighted by Crippen LogP contribution is 2.49. The third-order valence-electron chi connectivity index (χ3n) is 16.8. The first-order valence-electron chi connectivity index (χ1n) is 26.2. The van der Waals surface area contributed by atoms with Crippen molar-refractivity contribution in [2.45, 2.75) is 0 Å². The Morgan fingerprint density at radius 2 is 0.450 bits per heavy atom. The summed E-state index contributed by atoms with van der Waals surface area (Å²) in [6.45, 7) is 0. The molecule has 2 aliphatic carbocycles. The van der Waals surface area contributed by atoms with Crippen molar-refractivity contribution in [2.24, 2.45) is 0 Å². The summed E-state index contributed by atoms with van der Waals surface area (Å²) < 4.78 is 0. The lowest BCUT2D eigenvalue weighted by Gasteiger charge is -2.00. The maximum absolute atomic E-state index is 5.45. The van der Waals surface area contributed by atoms with Crippen LogP contribution in [0.15, 0.2) is 146 Å². The smallest absolute Gasteiger partial charge is 0.184 e. The summed E-state index contributed by atoms with van der Waals surface area (Å²) in [6.07, 6.45) is 0. The van der Waals surface area contributed by atoms with Gasteiger partial charge in [0.2, 0.25) is 0 Å². The van der Waals surface area contributed by atoms with E-state index in [2.05, 4.69) is 156 Å². The van der Waals surface area contributed by atoms with Crippen LogP contribution < -0.4 is 0 Å². The molecule has 16 heteroatoms. The zero-order chi connectivity index (χ0) is 51.4. The van der Waals surface area contributed by atoms with Crippen LogP contribution in [0.2, 0.25) is 0 Å². The molecule has 2 aliphatic rings. The number of rotatable bonds is 0. The van der Waals surface area contributed by atoms with Crippen LogP contribution in [0.25, 0.3) is 221 Å². The molecule has 0 radical (unpaired) electrons. The van der Waals surface area contributed by atoms with Gasteiger partial charge in [0.1, 0.15) is 44.1 Å². The largest absolute Gasteiger partial charge is 0.321 e.